The second-order valence-electron chi connectivity index (χ2n) is 5.97. The molecule has 0 spiro atoms. The third-order valence-electron chi connectivity index (χ3n) is 3.94. The van der Waals surface area contributed by atoms with Crippen LogP contribution in [0.2, 0.25) is 10.0 Å². The minimum Gasteiger partial charge on any atom is -0.279 e. The summed E-state index contributed by atoms with van der Waals surface area (Å²) in [6.07, 6.45) is 0. The van der Waals surface area contributed by atoms with Gasteiger partial charge in [0, 0.05) is 12.1 Å². The molecule has 0 unspecified atom stereocenters. The van der Waals surface area contributed by atoms with Crippen LogP contribution in [0.25, 0.3) is 0 Å². The molecule has 3 aromatic rings. The summed E-state index contributed by atoms with van der Waals surface area (Å²) in [5, 5.41) is 11.1. The molecule has 0 saturated carbocycles. The van der Waals surface area contributed by atoms with Crippen molar-refractivity contribution in [1.29, 1.82) is 0 Å². The Morgan fingerprint density at radius 1 is 0.767 bits per heavy atom. The highest BCUT2D eigenvalue weighted by molar-refractivity contribution is 7.93. The van der Waals surface area contributed by atoms with Gasteiger partial charge in [-0.15, -0.1) is 0 Å². The van der Waals surface area contributed by atoms with Crippen LogP contribution < -0.4 is 4.72 Å². The topological polar surface area (TPSA) is 123 Å². The number of sulfone groups is 1. The lowest BCUT2D eigenvalue weighted by Crippen LogP contribution is -2.14. The fraction of sp³-hybridized carbons (Fsp3) is 0. The zero-order chi connectivity index (χ0) is 22.1. The van der Waals surface area contributed by atoms with E-state index in [4.69, 9.17) is 23.2 Å². The molecule has 30 heavy (non-hydrogen) atoms. The van der Waals surface area contributed by atoms with Crippen molar-refractivity contribution in [3.05, 3.63) is 86.9 Å². The monoisotopic (exact) mass is 486 g/mol. The number of sulfonamides is 1. The van der Waals surface area contributed by atoms with Crippen LogP contribution in [0.1, 0.15) is 0 Å². The number of anilines is 1. The van der Waals surface area contributed by atoms with Crippen LogP contribution in [0.4, 0.5) is 11.4 Å². The van der Waals surface area contributed by atoms with Gasteiger partial charge in [-0.3, -0.25) is 14.8 Å². The summed E-state index contributed by atoms with van der Waals surface area (Å²) in [6.45, 7) is 0. The highest BCUT2D eigenvalue weighted by Crippen LogP contribution is 2.29. The number of nitro groups is 1. The number of non-ortho nitro benzene ring substituents is 1. The average molecular weight is 487 g/mol. The second-order valence-corrected chi connectivity index (χ2v) is 10.4. The van der Waals surface area contributed by atoms with E-state index in [1.54, 1.807) is 0 Å². The molecule has 8 nitrogen and oxygen atoms in total. The van der Waals surface area contributed by atoms with E-state index in [0.717, 1.165) is 12.1 Å². The predicted molar refractivity (Wildman–Crippen MR) is 112 cm³/mol. The molecule has 156 valence electrons. The van der Waals surface area contributed by atoms with Crippen LogP contribution >= 0.6 is 23.2 Å². The van der Waals surface area contributed by atoms with Gasteiger partial charge in [-0.05, 0) is 42.5 Å². The molecule has 0 aliphatic carbocycles. The second kappa shape index (κ2) is 8.23. The highest BCUT2D eigenvalue weighted by atomic mass is 35.5. The normalized spacial score (nSPS) is 11.8. The molecule has 0 aliphatic rings. The van der Waals surface area contributed by atoms with E-state index in [9.17, 15) is 26.9 Å². The third kappa shape index (κ3) is 4.57. The Labute approximate surface area is 182 Å². The first kappa shape index (κ1) is 22.0. The standard InChI is InChI=1S/C18H12Cl2N2O6S2/c19-17-8-7-15(11-18(17)20)29(25,26)14-5-2-6-16(10-14)30(27,28)21-12-3-1-4-13(9-12)22(23)24/h1-11,21H. The van der Waals surface area contributed by atoms with Crippen molar-refractivity contribution in [2.75, 3.05) is 4.72 Å². The number of hydrogen-bond donors (Lipinski definition) is 1. The summed E-state index contributed by atoms with van der Waals surface area (Å²) in [5.41, 5.74) is -0.340. The van der Waals surface area contributed by atoms with E-state index >= 15 is 0 Å². The summed E-state index contributed by atoms with van der Waals surface area (Å²) in [6, 6.07) is 13.4. The van der Waals surface area contributed by atoms with Crippen LogP contribution in [-0.2, 0) is 19.9 Å². The third-order valence-corrected chi connectivity index (χ3v) is 7.80. The number of benzene rings is 3. The van der Waals surface area contributed by atoms with Gasteiger partial charge in [0.1, 0.15) is 0 Å². The minimum absolute atomic E-state index is 0.0360. The number of nitro benzene ring substituents is 1. The summed E-state index contributed by atoms with van der Waals surface area (Å²) < 4.78 is 53.3. The summed E-state index contributed by atoms with van der Waals surface area (Å²) in [5.74, 6) is 0. The molecule has 0 amide bonds. The SMILES string of the molecule is O=[N+]([O-])c1cccc(NS(=O)(=O)c2cccc(S(=O)(=O)c3ccc(Cl)c(Cl)c3)c2)c1. The number of rotatable bonds is 6. The molecule has 0 heterocycles. The summed E-state index contributed by atoms with van der Waals surface area (Å²) in [7, 11) is -8.30. The molecule has 0 fully saturated rings. The maximum atomic E-state index is 12.9. The van der Waals surface area contributed by atoms with Gasteiger partial charge in [-0.25, -0.2) is 16.8 Å². The Morgan fingerprint density at radius 3 is 2.07 bits per heavy atom. The Bertz CT molecular complexity index is 1360. The molecule has 0 atom stereocenters. The van der Waals surface area contributed by atoms with Crippen LogP contribution in [0.15, 0.2) is 81.4 Å². The minimum atomic E-state index is -4.22. The maximum Gasteiger partial charge on any atom is 0.271 e. The van der Waals surface area contributed by atoms with Gasteiger partial charge in [0.2, 0.25) is 9.84 Å². The number of hydrogen-bond acceptors (Lipinski definition) is 6. The van der Waals surface area contributed by atoms with Gasteiger partial charge in [-0.1, -0.05) is 35.3 Å². The van der Waals surface area contributed by atoms with Gasteiger partial charge >= 0.3 is 0 Å². The van der Waals surface area contributed by atoms with Crippen molar-refractivity contribution in [3.63, 3.8) is 0 Å². The van der Waals surface area contributed by atoms with Crippen molar-refractivity contribution in [3.8, 4) is 0 Å². The van der Waals surface area contributed by atoms with E-state index < -0.39 is 24.8 Å². The smallest absolute Gasteiger partial charge is 0.271 e. The fourth-order valence-corrected chi connectivity index (χ4v) is 5.35. The molecule has 0 saturated heterocycles. The van der Waals surface area contributed by atoms with Crippen LogP contribution in [-0.4, -0.2) is 21.8 Å². The van der Waals surface area contributed by atoms with Crippen molar-refractivity contribution >= 4 is 54.4 Å². The molecule has 12 heteroatoms. The van der Waals surface area contributed by atoms with Gasteiger partial charge in [-0.2, -0.15) is 0 Å². The molecule has 0 aliphatic heterocycles. The molecule has 1 N–H and O–H groups in total. The number of nitrogens with zero attached hydrogens (tertiary/aromatic N) is 1. The van der Waals surface area contributed by atoms with Crippen LogP contribution in [0, 0.1) is 10.1 Å². The molecule has 0 aromatic heterocycles. The molecule has 0 bridgehead atoms. The molecule has 3 aromatic carbocycles. The zero-order valence-electron chi connectivity index (χ0n) is 14.8. The lowest BCUT2D eigenvalue weighted by molar-refractivity contribution is -0.384. The lowest BCUT2D eigenvalue weighted by Gasteiger charge is -2.10. The lowest BCUT2D eigenvalue weighted by atomic mass is 10.3. The van der Waals surface area contributed by atoms with Crippen molar-refractivity contribution in [1.82, 2.24) is 0 Å². The van der Waals surface area contributed by atoms with E-state index in [-0.39, 0.29) is 36.1 Å². The Morgan fingerprint density at radius 2 is 1.40 bits per heavy atom. The Kier molecular flexibility index (Phi) is 6.04. The number of halogens is 2. The molecule has 0 radical (unpaired) electrons. The fourth-order valence-electron chi connectivity index (χ4n) is 2.49. The molecule has 3 rings (SSSR count). The molecular weight excluding hydrogens is 475 g/mol. The van der Waals surface area contributed by atoms with Gasteiger partial charge in [0.15, 0.2) is 0 Å². The predicted octanol–water partition coefficient (Wildman–Crippen LogP) is 4.54. The van der Waals surface area contributed by atoms with E-state index in [1.165, 1.54) is 54.6 Å². The first-order valence-corrected chi connectivity index (χ1v) is 11.8. The van der Waals surface area contributed by atoms with Crippen molar-refractivity contribution in [2.24, 2.45) is 0 Å². The van der Waals surface area contributed by atoms with Crippen LogP contribution in [0.3, 0.4) is 0 Å². The average Bonchev–Trinajstić information content (AvgIpc) is 2.70. The van der Waals surface area contributed by atoms with Crippen molar-refractivity contribution < 1.29 is 21.8 Å². The van der Waals surface area contributed by atoms with Crippen LogP contribution in [0.5, 0.6) is 0 Å². The summed E-state index contributed by atoms with van der Waals surface area (Å²) >= 11 is 11.7. The summed E-state index contributed by atoms with van der Waals surface area (Å²) in [4.78, 5) is 9.44. The highest BCUT2D eigenvalue weighted by Gasteiger charge is 2.22. The first-order chi connectivity index (χ1) is 14.0. The molecular formula is C18H12Cl2N2O6S2. The Balaban J connectivity index is 1.98. The quantitative estimate of drug-likeness (QED) is 0.402. The number of nitrogens with one attached hydrogen (secondary N) is 1. The van der Waals surface area contributed by atoms with Crippen molar-refractivity contribution in [2.45, 2.75) is 14.7 Å². The first-order valence-electron chi connectivity index (χ1n) is 8.08. The largest absolute Gasteiger partial charge is 0.279 e. The maximum absolute atomic E-state index is 12.9. The van der Waals surface area contributed by atoms with Gasteiger partial charge < -0.3 is 0 Å². The Hall–Kier alpha value is -2.66. The van der Waals surface area contributed by atoms with E-state index in [1.807, 2.05) is 0 Å². The van der Waals surface area contributed by atoms with E-state index in [0.29, 0.717) is 0 Å². The zero-order valence-corrected chi connectivity index (χ0v) is 18.0. The van der Waals surface area contributed by atoms with Gasteiger partial charge in [0.25, 0.3) is 15.7 Å². The van der Waals surface area contributed by atoms with E-state index in [2.05, 4.69) is 4.72 Å². The van der Waals surface area contributed by atoms with Gasteiger partial charge in [0.05, 0.1) is 35.3 Å².